The molecule has 0 spiro atoms. The lowest BCUT2D eigenvalue weighted by molar-refractivity contribution is -0.136. The van der Waals surface area contributed by atoms with Crippen molar-refractivity contribution in [2.24, 2.45) is 0 Å². The summed E-state index contributed by atoms with van der Waals surface area (Å²) >= 11 is 0. The van der Waals surface area contributed by atoms with E-state index in [0.717, 1.165) is 6.07 Å². The third kappa shape index (κ3) is 2.46. The molecule has 3 nitrogen and oxygen atoms in total. The molecule has 1 fully saturated rings. The van der Waals surface area contributed by atoms with Gasteiger partial charge in [-0.2, -0.15) is 13.2 Å². The van der Waals surface area contributed by atoms with Crippen LogP contribution in [0.1, 0.15) is 18.4 Å². The molecule has 4 N–H and O–H groups in total. The minimum absolute atomic E-state index is 0.0294. The molecule has 6 heteroatoms. The summed E-state index contributed by atoms with van der Waals surface area (Å²) in [6.07, 6.45) is -3.11. The summed E-state index contributed by atoms with van der Waals surface area (Å²) in [5.74, 6) is 0. The average molecular weight is 246 g/mol. The molecule has 0 atom stereocenters. The van der Waals surface area contributed by atoms with E-state index in [2.05, 4.69) is 5.32 Å². The zero-order chi connectivity index (χ0) is 12.7. The predicted molar refractivity (Wildman–Crippen MR) is 58.5 cm³/mol. The second-order valence-electron chi connectivity index (χ2n) is 4.37. The lowest BCUT2D eigenvalue weighted by Crippen LogP contribution is -2.27. The highest BCUT2D eigenvalue weighted by Crippen LogP contribution is 2.42. The van der Waals surface area contributed by atoms with E-state index < -0.39 is 17.3 Å². The topological polar surface area (TPSA) is 58.3 Å². The Bertz CT molecular complexity index is 427. The third-order valence-electron chi connectivity index (χ3n) is 2.91. The minimum Gasteiger partial charge on any atom is -0.399 e. The number of hydrogen-bond acceptors (Lipinski definition) is 3. The molecule has 1 aromatic carbocycles. The molecule has 2 rings (SSSR count). The van der Waals surface area contributed by atoms with Crippen molar-refractivity contribution in [1.29, 1.82) is 0 Å². The van der Waals surface area contributed by atoms with Gasteiger partial charge in [0.25, 0.3) is 0 Å². The van der Waals surface area contributed by atoms with Crippen molar-refractivity contribution in [3.8, 4) is 0 Å². The first-order chi connectivity index (χ1) is 7.86. The molecule has 0 aromatic heterocycles. The van der Waals surface area contributed by atoms with Crippen LogP contribution in [-0.4, -0.2) is 17.3 Å². The van der Waals surface area contributed by atoms with Crippen molar-refractivity contribution in [1.82, 2.24) is 0 Å². The minimum atomic E-state index is -4.46. The molecule has 0 bridgehead atoms. The van der Waals surface area contributed by atoms with Gasteiger partial charge in [-0.05, 0) is 31.0 Å². The smallest absolute Gasteiger partial charge is 0.399 e. The summed E-state index contributed by atoms with van der Waals surface area (Å²) in [6, 6.07) is 3.61. The standard InChI is InChI=1S/C11H13F3N2O/c12-11(13,14)8-5-7(15)1-2-9(8)16-10(6-17)3-4-10/h1-2,5,16-17H,3-4,6,15H2. The molecule has 17 heavy (non-hydrogen) atoms. The maximum Gasteiger partial charge on any atom is 0.418 e. The Labute approximate surface area is 96.4 Å². The second kappa shape index (κ2) is 3.80. The summed E-state index contributed by atoms with van der Waals surface area (Å²) in [4.78, 5) is 0. The maximum absolute atomic E-state index is 12.8. The van der Waals surface area contributed by atoms with Crippen LogP contribution < -0.4 is 11.1 Å². The maximum atomic E-state index is 12.8. The summed E-state index contributed by atoms with van der Waals surface area (Å²) in [5, 5.41) is 11.9. The molecule has 0 heterocycles. The van der Waals surface area contributed by atoms with Crippen molar-refractivity contribution >= 4 is 11.4 Å². The van der Waals surface area contributed by atoms with Gasteiger partial charge in [-0.25, -0.2) is 0 Å². The molecule has 1 aliphatic rings. The molecule has 0 amide bonds. The predicted octanol–water partition coefficient (Wildman–Crippen LogP) is 2.22. The number of hydrogen-bond donors (Lipinski definition) is 3. The summed E-state index contributed by atoms with van der Waals surface area (Å²) in [5.41, 5.74) is 4.01. The van der Waals surface area contributed by atoms with Crippen LogP contribution in [0, 0.1) is 0 Å². The summed E-state index contributed by atoms with van der Waals surface area (Å²) in [6.45, 7) is -0.172. The number of aliphatic hydroxyl groups is 1. The Balaban J connectivity index is 2.33. The fourth-order valence-electron chi connectivity index (χ4n) is 1.66. The van der Waals surface area contributed by atoms with Crippen LogP contribution >= 0.6 is 0 Å². The molecular formula is C11H13F3N2O. The summed E-state index contributed by atoms with van der Waals surface area (Å²) in [7, 11) is 0. The molecular weight excluding hydrogens is 233 g/mol. The third-order valence-corrected chi connectivity index (χ3v) is 2.91. The summed E-state index contributed by atoms with van der Waals surface area (Å²) < 4.78 is 38.3. The number of nitrogens with two attached hydrogens (primary N) is 1. The molecule has 0 radical (unpaired) electrons. The zero-order valence-corrected chi connectivity index (χ0v) is 9.01. The van der Waals surface area contributed by atoms with Crippen molar-refractivity contribution in [3.05, 3.63) is 23.8 Å². The number of anilines is 2. The van der Waals surface area contributed by atoms with Gasteiger partial charge in [0.2, 0.25) is 0 Å². The van der Waals surface area contributed by atoms with Crippen molar-refractivity contribution in [2.45, 2.75) is 24.6 Å². The number of rotatable bonds is 3. The van der Waals surface area contributed by atoms with Crippen molar-refractivity contribution in [3.63, 3.8) is 0 Å². The monoisotopic (exact) mass is 246 g/mol. The second-order valence-corrected chi connectivity index (χ2v) is 4.37. The fraction of sp³-hybridized carbons (Fsp3) is 0.455. The van der Waals surface area contributed by atoms with Gasteiger partial charge in [-0.1, -0.05) is 0 Å². The normalized spacial score (nSPS) is 17.9. The number of aliphatic hydroxyl groups excluding tert-OH is 1. The highest BCUT2D eigenvalue weighted by molar-refractivity contribution is 5.61. The van der Waals surface area contributed by atoms with E-state index in [-0.39, 0.29) is 18.0 Å². The van der Waals surface area contributed by atoms with Gasteiger partial charge in [0, 0.05) is 11.4 Å². The molecule has 0 saturated heterocycles. The van der Waals surface area contributed by atoms with Gasteiger partial charge in [0.15, 0.2) is 0 Å². The van der Waals surface area contributed by atoms with Gasteiger partial charge in [0.05, 0.1) is 17.7 Å². The quantitative estimate of drug-likeness (QED) is 0.717. The molecule has 0 unspecified atom stereocenters. The first-order valence-electron chi connectivity index (χ1n) is 5.22. The Morgan fingerprint density at radius 3 is 2.47 bits per heavy atom. The number of alkyl halides is 3. The van der Waals surface area contributed by atoms with E-state index in [9.17, 15) is 13.2 Å². The van der Waals surface area contributed by atoms with E-state index in [1.54, 1.807) is 0 Å². The first kappa shape index (κ1) is 12.0. The van der Waals surface area contributed by atoms with E-state index in [1.165, 1.54) is 12.1 Å². The Hall–Kier alpha value is -1.43. The largest absolute Gasteiger partial charge is 0.418 e. The van der Waals surface area contributed by atoms with Crippen LogP contribution in [0.25, 0.3) is 0 Å². The lowest BCUT2D eigenvalue weighted by atomic mass is 10.1. The lowest BCUT2D eigenvalue weighted by Gasteiger charge is -2.20. The van der Waals surface area contributed by atoms with Crippen LogP contribution in [0.3, 0.4) is 0 Å². The average Bonchev–Trinajstić information content (AvgIpc) is 3.00. The van der Waals surface area contributed by atoms with E-state index >= 15 is 0 Å². The molecule has 1 aromatic rings. The van der Waals surface area contributed by atoms with Crippen molar-refractivity contribution in [2.75, 3.05) is 17.7 Å². The van der Waals surface area contributed by atoms with Crippen LogP contribution in [0.2, 0.25) is 0 Å². The van der Waals surface area contributed by atoms with Crippen LogP contribution in [0.4, 0.5) is 24.5 Å². The SMILES string of the molecule is Nc1ccc(NC2(CO)CC2)c(C(F)(F)F)c1. The van der Waals surface area contributed by atoms with E-state index in [4.69, 9.17) is 10.8 Å². The highest BCUT2D eigenvalue weighted by atomic mass is 19.4. The first-order valence-corrected chi connectivity index (χ1v) is 5.22. The molecule has 1 aliphatic carbocycles. The van der Waals surface area contributed by atoms with Gasteiger partial charge in [-0.3, -0.25) is 0 Å². The fourth-order valence-corrected chi connectivity index (χ4v) is 1.66. The number of nitrogen functional groups attached to an aromatic ring is 1. The van der Waals surface area contributed by atoms with Gasteiger partial charge >= 0.3 is 6.18 Å². The van der Waals surface area contributed by atoms with Gasteiger partial charge in [0.1, 0.15) is 0 Å². The van der Waals surface area contributed by atoms with Gasteiger partial charge < -0.3 is 16.2 Å². The molecule has 0 aliphatic heterocycles. The Morgan fingerprint density at radius 1 is 1.35 bits per heavy atom. The Morgan fingerprint density at radius 2 is 2.00 bits per heavy atom. The van der Waals surface area contributed by atoms with E-state index in [0.29, 0.717) is 12.8 Å². The molecule has 94 valence electrons. The number of halogens is 3. The van der Waals surface area contributed by atoms with Gasteiger partial charge in [-0.15, -0.1) is 0 Å². The van der Waals surface area contributed by atoms with Crippen LogP contribution in [0.5, 0.6) is 0 Å². The van der Waals surface area contributed by atoms with Crippen molar-refractivity contribution < 1.29 is 18.3 Å². The molecule has 1 saturated carbocycles. The highest BCUT2D eigenvalue weighted by Gasteiger charge is 2.44. The van der Waals surface area contributed by atoms with E-state index in [1.807, 2.05) is 0 Å². The zero-order valence-electron chi connectivity index (χ0n) is 9.01. The Kier molecular flexibility index (Phi) is 2.69. The van der Waals surface area contributed by atoms with Crippen LogP contribution in [0.15, 0.2) is 18.2 Å². The number of nitrogens with one attached hydrogen (secondary N) is 1. The number of benzene rings is 1. The van der Waals surface area contributed by atoms with Crippen LogP contribution in [-0.2, 0) is 6.18 Å².